The van der Waals surface area contributed by atoms with Gasteiger partial charge in [-0.2, -0.15) is 0 Å². The summed E-state index contributed by atoms with van der Waals surface area (Å²) >= 11 is 0. The van der Waals surface area contributed by atoms with Crippen molar-refractivity contribution in [3.05, 3.63) is 42.5 Å². The second-order valence-electron chi connectivity index (χ2n) is 4.68. The van der Waals surface area contributed by atoms with Crippen LogP contribution in [0, 0.1) is 0 Å². The molecule has 2 aromatic rings. The molecule has 0 heterocycles. The standard InChI is InChI=1S/C16H17NO3/c1-3-15(18)11(2)17(16(19)20)14-9-8-12-6-4-5-7-13(12)10-14/h4-11H,3H2,1-2H3,(H,19,20). The number of ketones is 1. The molecule has 0 radical (unpaired) electrons. The van der Waals surface area contributed by atoms with Crippen LogP contribution in [0.1, 0.15) is 20.3 Å². The van der Waals surface area contributed by atoms with Crippen molar-refractivity contribution >= 4 is 28.3 Å². The van der Waals surface area contributed by atoms with Crippen LogP contribution >= 0.6 is 0 Å². The Morgan fingerprint density at radius 1 is 1.15 bits per heavy atom. The first-order valence-electron chi connectivity index (χ1n) is 6.58. The molecule has 0 aromatic heterocycles. The van der Waals surface area contributed by atoms with Crippen LogP contribution in [0.15, 0.2) is 42.5 Å². The largest absolute Gasteiger partial charge is 0.465 e. The molecule has 0 fully saturated rings. The van der Waals surface area contributed by atoms with Crippen LogP contribution in [0.3, 0.4) is 0 Å². The average Bonchev–Trinajstić information content (AvgIpc) is 2.46. The normalized spacial score (nSPS) is 12.1. The number of carbonyl (C=O) groups is 2. The molecule has 0 spiro atoms. The van der Waals surface area contributed by atoms with Crippen LogP contribution in [0.4, 0.5) is 10.5 Å². The summed E-state index contributed by atoms with van der Waals surface area (Å²) in [6.45, 7) is 3.36. The number of hydrogen-bond donors (Lipinski definition) is 1. The summed E-state index contributed by atoms with van der Waals surface area (Å²) in [5.74, 6) is -0.0967. The molecule has 0 saturated carbocycles. The molecule has 1 amide bonds. The number of carboxylic acid groups (broad SMARTS) is 1. The topological polar surface area (TPSA) is 57.6 Å². The van der Waals surface area contributed by atoms with Gasteiger partial charge in [0.1, 0.15) is 0 Å². The molecule has 4 nitrogen and oxygen atoms in total. The zero-order chi connectivity index (χ0) is 14.7. The molecule has 104 valence electrons. The number of anilines is 1. The lowest BCUT2D eigenvalue weighted by atomic mass is 10.1. The Balaban J connectivity index is 2.46. The molecule has 0 aliphatic rings. The zero-order valence-electron chi connectivity index (χ0n) is 11.5. The molecule has 0 bridgehead atoms. The lowest BCUT2D eigenvalue weighted by molar-refractivity contribution is -0.119. The Kier molecular flexibility index (Phi) is 4.03. The van der Waals surface area contributed by atoms with Crippen LogP contribution in [0.25, 0.3) is 10.8 Å². The minimum atomic E-state index is -1.12. The molecule has 1 N–H and O–H groups in total. The third-order valence-electron chi connectivity index (χ3n) is 3.42. The molecular formula is C16H17NO3. The van der Waals surface area contributed by atoms with Gasteiger partial charge in [0.2, 0.25) is 0 Å². The average molecular weight is 271 g/mol. The number of nitrogens with zero attached hydrogens (tertiary/aromatic N) is 1. The fourth-order valence-electron chi connectivity index (χ4n) is 2.27. The Morgan fingerprint density at radius 2 is 1.80 bits per heavy atom. The smallest absolute Gasteiger partial charge is 0.412 e. The summed E-state index contributed by atoms with van der Waals surface area (Å²) in [4.78, 5) is 24.4. The number of rotatable bonds is 4. The zero-order valence-corrected chi connectivity index (χ0v) is 11.5. The van der Waals surface area contributed by atoms with Gasteiger partial charge in [-0.15, -0.1) is 0 Å². The Hall–Kier alpha value is -2.36. The van der Waals surface area contributed by atoms with Crippen LogP contribution in [0.2, 0.25) is 0 Å². The summed E-state index contributed by atoms with van der Waals surface area (Å²) < 4.78 is 0. The summed E-state index contributed by atoms with van der Waals surface area (Å²) in [6.07, 6.45) is -0.798. The summed E-state index contributed by atoms with van der Waals surface area (Å²) in [5, 5.41) is 11.4. The lowest BCUT2D eigenvalue weighted by Gasteiger charge is -2.25. The van der Waals surface area contributed by atoms with Crippen LogP contribution < -0.4 is 4.90 Å². The van der Waals surface area contributed by atoms with Crippen molar-refractivity contribution in [3.8, 4) is 0 Å². The predicted molar refractivity (Wildman–Crippen MR) is 79.2 cm³/mol. The highest BCUT2D eigenvalue weighted by molar-refractivity contribution is 5.99. The number of fused-ring (bicyclic) bond motifs is 1. The van der Waals surface area contributed by atoms with E-state index in [2.05, 4.69) is 0 Å². The van der Waals surface area contributed by atoms with Gasteiger partial charge in [0.05, 0.1) is 6.04 Å². The Labute approximate surface area is 117 Å². The summed E-state index contributed by atoms with van der Waals surface area (Å²) in [6, 6.07) is 12.4. The van der Waals surface area contributed by atoms with E-state index < -0.39 is 12.1 Å². The van der Waals surface area contributed by atoms with Crippen LogP contribution in [-0.4, -0.2) is 23.0 Å². The number of carbonyl (C=O) groups excluding carboxylic acids is 1. The monoisotopic (exact) mass is 271 g/mol. The third-order valence-corrected chi connectivity index (χ3v) is 3.42. The van der Waals surface area contributed by atoms with Gasteiger partial charge in [-0.1, -0.05) is 37.3 Å². The third kappa shape index (κ3) is 2.64. The quantitative estimate of drug-likeness (QED) is 0.922. The number of benzene rings is 2. The van der Waals surface area contributed by atoms with Gasteiger partial charge in [0.25, 0.3) is 0 Å². The molecule has 0 saturated heterocycles. The molecule has 2 aromatic carbocycles. The summed E-state index contributed by atoms with van der Waals surface area (Å²) in [7, 11) is 0. The Bertz CT molecular complexity index is 651. The van der Waals surface area contributed by atoms with Crippen molar-refractivity contribution in [3.63, 3.8) is 0 Å². The number of hydrogen-bond acceptors (Lipinski definition) is 2. The second-order valence-corrected chi connectivity index (χ2v) is 4.68. The van der Waals surface area contributed by atoms with Crippen molar-refractivity contribution in [1.82, 2.24) is 0 Å². The first kappa shape index (κ1) is 14.1. The van der Waals surface area contributed by atoms with Crippen LogP contribution in [0.5, 0.6) is 0 Å². The minimum Gasteiger partial charge on any atom is -0.465 e. The maximum absolute atomic E-state index is 11.8. The van der Waals surface area contributed by atoms with E-state index in [1.54, 1.807) is 26.0 Å². The molecular weight excluding hydrogens is 254 g/mol. The molecule has 0 aliphatic heterocycles. The maximum atomic E-state index is 11.8. The van der Waals surface area contributed by atoms with E-state index in [1.165, 1.54) is 0 Å². The van der Waals surface area contributed by atoms with E-state index in [0.29, 0.717) is 12.1 Å². The van der Waals surface area contributed by atoms with Gasteiger partial charge in [-0.3, -0.25) is 9.69 Å². The SMILES string of the molecule is CCC(=O)C(C)N(C(=O)O)c1ccc2ccccc2c1. The van der Waals surface area contributed by atoms with Gasteiger partial charge in [-0.25, -0.2) is 4.79 Å². The second kappa shape index (κ2) is 5.74. The van der Waals surface area contributed by atoms with Crippen molar-refractivity contribution in [2.24, 2.45) is 0 Å². The van der Waals surface area contributed by atoms with Crippen molar-refractivity contribution in [2.75, 3.05) is 4.90 Å². The highest BCUT2D eigenvalue weighted by atomic mass is 16.4. The lowest BCUT2D eigenvalue weighted by Crippen LogP contribution is -2.42. The van der Waals surface area contributed by atoms with Crippen LogP contribution in [-0.2, 0) is 4.79 Å². The molecule has 4 heteroatoms. The van der Waals surface area contributed by atoms with E-state index in [4.69, 9.17) is 0 Å². The molecule has 20 heavy (non-hydrogen) atoms. The Morgan fingerprint density at radius 3 is 2.40 bits per heavy atom. The van der Waals surface area contributed by atoms with E-state index in [-0.39, 0.29) is 5.78 Å². The molecule has 1 unspecified atom stereocenters. The summed E-state index contributed by atoms with van der Waals surface area (Å²) in [5.41, 5.74) is 0.519. The van der Waals surface area contributed by atoms with Gasteiger partial charge in [-0.05, 0) is 29.8 Å². The highest BCUT2D eigenvalue weighted by Crippen LogP contribution is 2.24. The van der Waals surface area contributed by atoms with Crippen molar-refractivity contribution in [1.29, 1.82) is 0 Å². The fourth-order valence-corrected chi connectivity index (χ4v) is 2.27. The van der Waals surface area contributed by atoms with E-state index >= 15 is 0 Å². The maximum Gasteiger partial charge on any atom is 0.412 e. The first-order chi connectivity index (χ1) is 9.54. The predicted octanol–water partition coefficient (Wildman–Crippen LogP) is 3.69. The fraction of sp³-hybridized carbons (Fsp3) is 0.250. The number of Topliss-reactive ketones (excluding diaryl/α,β-unsaturated/α-hetero) is 1. The van der Waals surface area contributed by atoms with Gasteiger partial charge in [0, 0.05) is 12.1 Å². The molecule has 1 atom stereocenters. The number of amides is 1. The van der Waals surface area contributed by atoms with Crippen molar-refractivity contribution in [2.45, 2.75) is 26.3 Å². The minimum absolute atomic E-state index is 0.0967. The molecule has 2 rings (SSSR count). The van der Waals surface area contributed by atoms with Gasteiger partial charge >= 0.3 is 6.09 Å². The molecule has 0 aliphatic carbocycles. The van der Waals surface area contributed by atoms with E-state index in [1.807, 2.05) is 30.3 Å². The van der Waals surface area contributed by atoms with E-state index in [0.717, 1.165) is 15.7 Å². The highest BCUT2D eigenvalue weighted by Gasteiger charge is 2.25. The first-order valence-corrected chi connectivity index (χ1v) is 6.58. The van der Waals surface area contributed by atoms with Gasteiger partial charge < -0.3 is 5.11 Å². The van der Waals surface area contributed by atoms with E-state index in [9.17, 15) is 14.7 Å². The van der Waals surface area contributed by atoms with Crippen molar-refractivity contribution < 1.29 is 14.7 Å². The van der Waals surface area contributed by atoms with Gasteiger partial charge in [0.15, 0.2) is 5.78 Å².